The summed E-state index contributed by atoms with van der Waals surface area (Å²) in [6.07, 6.45) is 0.658. The number of H-pyrrole nitrogens is 1. The first-order valence-electron chi connectivity index (χ1n) is 10.7. The van der Waals surface area contributed by atoms with Crippen molar-refractivity contribution in [2.75, 3.05) is 23.9 Å². The normalized spacial score (nSPS) is 15.7. The van der Waals surface area contributed by atoms with Gasteiger partial charge in [-0.3, -0.25) is 19.4 Å². The van der Waals surface area contributed by atoms with Gasteiger partial charge in [0.15, 0.2) is 0 Å². The minimum absolute atomic E-state index is 0.0928. The smallest absolute Gasteiger partial charge is 0.255 e. The van der Waals surface area contributed by atoms with E-state index in [0.717, 1.165) is 0 Å². The lowest BCUT2D eigenvalue weighted by Gasteiger charge is -2.17. The van der Waals surface area contributed by atoms with Crippen molar-refractivity contribution in [3.05, 3.63) is 57.6 Å². The van der Waals surface area contributed by atoms with Crippen molar-refractivity contribution in [2.45, 2.75) is 33.6 Å². The van der Waals surface area contributed by atoms with E-state index in [9.17, 15) is 14.4 Å². The van der Waals surface area contributed by atoms with E-state index in [0.29, 0.717) is 40.6 Å². The molecule has 0 saturated carbocycles. The molecule has 1 atom stereocenters. The Balaban J connectivity index is 1.55. The molecule has 10 heteroatoms. The Morgan fingerprint density at radius 3 is 2.76 bits per heavy atom. The van der Waals surface area contributed by atoms with Crippen LogP contribution in [0.4, 0.5) is 11.5 Å². The van der Waals surface area contributed by atoms with Gasteiger partial charge in [-0.2, -0.15) is 9.78 Å². The van der Waals surface area contributed by atoms with Crippen LogP contribution in [0.1, 0.15) is 30.3 Å². The first-order valence-corrected chi connectivity index (χ1v) is 10.7. The van der Waals surface area contributed by atoms with Crippen LogP contribution in [-0.4, -0.2) is 45.2 Å². The number of hydrogen-bond acceptors (Lipinski definition) is 6. The summed E-state index contributed by atoms with van der Waals surface area (Å²) in [5.74, 6) is 0.251. The van der Waals surface area contributed by atoms with Gasteiger partial charge in [-0.15, -0.1) is 0 Å². The van der Waals surface area contributed by atoms with Crippen molar-refractivity contribution < 1.29 is 14.3 Å². The number of carbonyl (C=O) groups is 2. The summed E-state index contributed by atoms with van der Waals surface area (Å²) in [4.78, 5) is 46.8. The molecular weight excluding hydrogens is 424 g/mol. The van der Waals surface area contributed by atoms with Gasteiger partial charge in [0, 0.05) is 42.0 Å². The van der Waals surface area contributed by atoms with Gasteiger partial charge in [0.05, 0.1) is 18.7 Å². The van der Waals surface area contributed by atoms with Crippen LogP contribution in [-0.2, 0) is 16.0 Å². The van der Waals surface area contributed by atoms with Crippen molar-refractivity contribution in [1.82, 2.24) is 19.7 Å². The van der Waals surface area contributed by atoms with Crippen LogP contribution in [0.15, 0.2) is 35.1 Å². The fraction of sp³-hybridized carbons (Fsp3) is 0.348. The van der Waals surface area contributed by atoms with Crippen LogP contribution in [0.2, 0.25) is 0 Å². The summed E-state index contributed by atoms with van der Waals surface area (Å²) in [6, 6.07) is 8.86. The van der Waals surface area contributed by atoms with Crippen molar-refractivity contribution >= 4 is 23.3 Å². The third-order valence-electron chi connectivity index (χ3n) is 5.71. The van der Waals surface area contributed by atoms with E-state index in [2.05, 4.69) is 20.4 Å². The second kappa shape index (κ2) is 8.89. The van der Waals surface area contributed by atoms with Crippen LogP contribution >= 0.6 is 0 Å². The van der Waals surface area contributed by atoms with Crippen molar-refractivity contribution in [3.63, 3.8) is 0 Å². The fourth-order valence-corrected chi connectivity index (χ4v) is 4.00. The SMILES string of the molecule is CCc1c(C)nc(-n2nc(C)cc2NC(=O)C2CC(=O)N(c3cccc(OC)c3)C2)[nH]c1=O. The van der Waals surface area contributed by atoms with Crippen molar-refractivity contribution in [1.29, 1.82) is 0 Å². The molecule has 33 heavy (non-hydrogen) atoms. The molecule has 1 unspecified atom stereocenters. The van der Waals surface area contributed by atoms with E-state index in [1.807, 2.05) is 13.0 Å². The van der Waals surface area contributed by atoms with Gasteiger partial charge >= 0.3 is 0 Å². The number of nitrogens with zero attached hydrogens (tertiary/aromatic N) is 4. The Labute approximate surface area is 190 Å². The molecule has 3 aromatic rings. The molecule has 1 saturated heterocycles. The zero-order valence-electron chi connectivity index (χ0n) is 19.0. The number of aromatic nitrogens is 4. The number of carbonyl (C=O) groups excluding carboxylic acids is 2. The summed E-state index contributed by atoms with van der Waals surface area (Å²) in [6.45, 7) is 5.69. The number of benzene rings is 1. The summed E-state index contributed by atoms with van der Waals surface area (Å²) in [5, 5.41) is 7.22. The molecule has 2 aromatic heterocycles. The minimum atomic E-state index is -0.538. The molecule has 0 spiro atoms. The summed E-state index contributed by atoms with van der Waals surface area (Å²) < 4.78 is 6.63. The van der Waals surface area contributed by atoms with E-state index in [-0.39, 0.29) is 36.3 Å². The second-order valence-corrected chi connectivity index (χ2v) is 7.99. The molecule has 10 nitrogen and oxygen atoms in total. The molecule has 3 heterocycles. The standard InChI is InChI=1S/C23H26N6O4/c1-5-18-14(3)24-23(26-22(18)32)29-19(9-13(2)27-29)25-21(31)15-10-20(30)28(12-15)16-7-6-8-17(11-16)33-4/h6-9,11,15H,5,10,12H2,1-4H3,(H,25,31)(H,24,26,32). The van der Waals surface area contributed by atoms with Gasteiger partial charge in [-0.1, -0.05) is 13.0 Å². The van der Waals surface area contributed by atoms with E-state index < -0.39 is 5.92 Å². The topological polar surface area (TPSA) is 122 Å². The van der Waals surface area contributed by atoms with Crippen molar-refractivity contribution in [2.24, 2.45) is 5.92 Å². The number of rotatable bonds is 6. The maximum Gasteiger partial charge on any atom is 0.255 e. The Bertz CT molecular complexity index is 1280. The quantitative estimate of drug-likeness (QED) is 0.593. The summed E-state index contributed by atoms with van der Waals surface area (Å²) >= 11 is 0. The number of hydrogen-bond donors (Lipinski definition) is 2. The first kappa shape index (κ1) is 22.3. The largest absolute Gasteiger partial charge is 0.497 e. The van der Waals surface area contributed by atoms with Gasteiger partial charge in [0.25, 0.3) is 5.56 Å². The third-order valence-corrected chi connectivity index (χ3v) is 5.71. The monoisotopic (exact) mass is 450 g/mol. The second-order valence-electron chi connectivity index (χ2n) is 7.99. The van der Waals surface area contributed by atoms with Crippen LogP contribution in [0.3, 0.4) is 0 Å². The number of amides is 2. The Kier molecular flexibility index (Phi) is 5.99. The fourth-order valence-electron chi connectivity index (χ4n) is 4.00. The third kappa shape index (κ3) is 4.36. The number of aryl methyl sites for hydroxylation is 2. The Morgan fingerprint density at radius 2 is 2.06 bits per heavy atom. The lowest BCUT2D eigenvalue weighted by molar-refractivity contribution is -0.122. The molecule has 1 aliphatic rings. The Morgan fingerprint density at radius 1 is 1.27 bits per heavy atom. The lowest BCUT2D eigenvalue weighted by atomic mass is 10.1. The van der Waals surface area contributed by atoms with E-state index in [1.165, 1.54) is 4.68 Å². The molecule has 1 aromatic carbocycles. The molecule has 0 radical (unpaired) electrons. The van der Waals surface area contributed by atoms with Gasteiger partial charge < -0.3 is 15.0 Å². The summed E-state index contributed by atoms with van der Waals surface area (Å²) in [5.41, 5.74) is 2.31. The van der Waals surface area contributed by atoms with Crippen LogP contribution in [0.25, 0.3) is 5.95 Å². The zero-order valence-corrected chi connectivity index (χ0v) is 19.0. The van der Waals surface area contributed by atoms with Crippen LogP contribution in [0, 0.1) is 19.8 Å². The highest BCUT2D eigenvalue weighted by Crippen LogP contribution is 2.28. The molecule has 1 fully saturated rings. The first-order chi connectivity index (χ1) is 15.8. The number of aromatic amines is 1. The molecular formula is C23H26N6O4. The van der Waals surface area contributed by atoms with E-state index in [4.69, 9.17) is 4.74 Å². The van der Waals surface area contributed by atoms with Crippen molar-refractivity contribution in [3.8, 4) is 11.7 Å². The van der Waals surface area contributed by atoms with Gasteiger partial charge in [-0.05, 0) is 32.4 Å². The van der Waals surface area contributed by atoms with Crippen LogP contribution in [0.5, 0.6) is 5.75 Å². The average molecular weight is 450 g/mol. The highest BCUT2D eigenvalue weighted by molar-refractivity contribution is 6.03. The average Bonchev–Trinajstić information content (AvgIpc) is 3.35. The Hall–Kier alpha value is -3.95. The zero-order chi connectivity index (χ0) is 23.7. The molecule has 1 aliphatic heterocycles. The van der Waals surface area contributed by atoms with Gasteiger partial charge in [0.1, 0.15) is 11.6 Å². The molecule has 172 valence electrons. The number of ether oxygens (including phenoxy) is 1. The van der Waals surface area contributed by atoms with E-state index in [1.54, 1.807) is 50.1 Å². The molecule has 2 N–H and O–H groups in total. The predicted octanol–water partition coefficient (Wildman–Crippen LogP) is 2.14. The van der Waals surface area contributed by atoms with Crippen LogP contribution < -0.4 is 20.5 Å². The number of nitrogens with one attached hydrogen (secondary N) is 2. The lowest BCUT2D eigenvalue weighted by Crippen LogP contribution is -2.29. The summed E-state index contributed by atoms with van der Waals surface area (Å²) in [7, 11) is 1.56. The maximum absolute atomic E-state index is 13.0. The molecule has 0 aliphatic carbocycles. The molecule has 0 bridgehead atoms. The van der Waals surface area contributed by atoms with Gasteiger partial charge in [-0.25, -0.2) is 4.98 Å². The highest BCUT2D eigenvalue weighted by Gasteiger charge is 2.35. The number of anilines is 2. The molecule has 4 rings (SSSR count). The number of methoxy groups -OCH3 is 1. The maximum atomic E-state index is 13.0. The van der Waals surface area contributed by atoms with Gasteiger partial charge in [0.2, 0.25) is 17.8 Å². The predicted molar refractivity (Wildman–Crippen MR) is 123 cm³/mol. The van der Waals surface area contributed by atoms with E-state index >= 15 is 0 Å². The minimum Gasteiger partial charge on any atom is -0.497 e. The molecule has 2 amide bonds. The highest BCUT2D eigenvalue weighted by atomic mass is 16.5.